The molecule has 4 rings (SSSR count). The lowest BCUT2D eigenvalue weighted by atomic mass is 9.97. The zero-order valence-electron chi connectivity index (χ0n) is 13.3. The lowest BCUT2D eigenvalue weighted by molar-refractivity contribution is 0.412. The minimum absolute atomic E-state index is 0.375. The summed E-state index contributed by atoms with van der Waals surface area (Å²) in [6.45, 7) is 0.908. The summed E-state index contributed by atoms with van der Waals surface area (Å²) in [5, 5.41) is 10.9. The van der Waals surface area contributed by atoms with Crippen LogP contribution in [0.1, 0.15) is 17.3 Å². The molecule has 0 aliphatic carbocycles. The van der Waals surface area contributed by atoms with Gasteiger partial charge in [0.25, 0.3) is 0 Å². The number of nitrogens with one attached hydrogen (secondary N) is 2. The molecule has 3 aromatic rings. The lowest BCUT2D eigenvalue weighted by Gasteiger charge is -2.13. The molecule has 0 amide bonds. The minimum atomic E-state index is 0.375. The molecule has 1 atom stereocenters. The second kappa shape index (κ2) is 6.13. The predicted octanol–water partition coefficient (Wildman–Crippen LogP) is 3.69. The first-order chi connectivity index (χ1) is 11.8. The summed E-state index contributed by atoms with van der Waals surface area (Å²) in [6, 6.07) is 16.3. The van der Waals surface area contributed by atoms with Crippen LogP contribution in [0.5, 0.6) is 5.75 Å². The van der Waals surface area contributed by atoms with Crippen molar-refractivity contribution in [1.29, 1.82) is 0 Å². The molecule has 2 heterocycles. The molecule has 6 heteroatoms. The normalized spacial score (nSPS) is 15.8. The summed E-state index contributed by atoms with van der Waals surface area (Å²) in [5.74, 6) is 2.06. The Bertz CT molecular complexity index is 931. The van der Waals surface area contributed by atoms with Crippen LogP contribution in [0, 0.1) is 4.77 Å². The SMILES string of the molecule is COc1ccccc1-n1c(CC2CNc3ccccc32)n[nH]c1=S. The van der Waals surface area contributed by atoms with E-state index in [4.69, 9.17) is 17.0 Å². The molecule has 1 aliphatic rings. The number of rotatable bonds is 4. The number of fused-ring (bicyclic) bond motifs is 1. The van der Waals surface area contributed by atoms with Gasteiger partial charge in [-0.15, -0.1) is 0 Å². The van der Waals surface area contributed by atoms with Crippen LogP contribution >= 0.6 is 12.2 Å². The third-order valence-electron chi connectivity index (χ3n) is 4.44. The molecule has 2 aromatic carbocycles. The molecular weight excluding hydrogens is 320 g/mol. The summed E-state index contributed by atoms with van der Waals surface area (Å²) in [6.07, 6.45) is 0.801. The minimum Gasteiger partial charge on any atom is -0.495 e. The van der Waals surface area contributed by atoms with Crippen molar-refractivity contribution in [2.45, 2.75) is 12.3 Å². The Hall–Kier alpha value is -2.60. The summed E-state index contributed by atoms with van der Waals surface area (Å²) in [5.41, 5.74) is 3.45. The van der Waals surface area contributed by atoms with Crippen LogP contribution in [0.25, 0.3) is 5.69 Å². The van der Waals surface area contributed by atoms with Crippen molar-refractivity contribution in [3.63, 3.8) is 0 Å². The van der Waals surface area contributed by atoms with E-state index in [9.17, 15) is 0 Å². The number of aromatic nitrogens is 3. The number of methoxy groups -OCH3 is 1. The first kappa shape index (κ1) is 15.0. The van der Waals surface area contributed by atoms with Crippen molar-refractivity contribution < 1.29 is 4.74 Å². The van der Waals surface area contributed by atoms with Gasteiger partial charge in [-0.2, -0.15) is 5.10 Å². The van der Waals surface area contributed by atoms with E-state index in [0.717, 1.165) is 30.2 Å². The van der Waals surface area contributed by atoms with Crippen LogP contribution in [0.4, 0.5) is 5.69 Å². The van der Waals surface area contributed by atoms with Crippen molar-refractivity contribution in [2.24, 2.45) is 0 Å². The highest BCUT2D eigenvalue weighted by Gasteiger charge is 2.24. The molecule has 0 fully saturated rings. The van der Waals surface area contributed by atoms with E-state index in [2.05, 4.69) is 39.8 Å². The van der Waals surface area contributed by atoms with Crippen LogP contribution in [-0.4, -0.2) is 28.4 Å². The number of hydrogen-bond acceptors (Lipinski definition) is 4. The van der Waals surface area contributed by atoms with Gasteiger partial charge in [0.05, 0.1) is 12.8 Å². The highest BCUT2D eigenvalue weighted by molar-refractivity contribution is 7.71. The third-order valence-corrected chi connectivity index (χ3v) is 4.71. The molecule has 0 saturated heterocycles. The van der Waals surface area contributed by atoms with E-state index in [1.54, 1.807) is 7.11 Å². The summed E-state index contributed by atoms with van der Waals surface area (Å²) in [4.78, 5) is 0. The van der Waals surface area contributed by atoms with Crippen LogP contribution in [0.15, 0.2) is 48.5 Å². The number of ether oxygens (including phenoxy) is 1. The molecule has 0 bridgehead atoms. The fraction of sp³-hybridized carbons (Fsp3) is 0.222. The molecule has 1 aliphatic heterocycles. The van der Waals surface area contributed by atoms with Gasteiger partial charge in [-0.1, -0.05) is 30.3 Å². The zero-order valence-corrected chi connectivity index (χ0v) is 14.1. The van der Waals surface area contributed by atoms with Gasteiger partial charge in [-0.25, -0.2) is 0 Å². The number of anilines is 1. The number of para-hydroxylation sites is 3. The summed E-state index contributed by atoms with van der Waals surface area (Å²) < 4.78 is 8.03. The Morgan fingerprint density at radius 1 is 1.21 bits per heavy atom. The Morgan fingerprint density at radius 3 is 2.88 bits per heavy atom. The van der Waals surface area contributed by atoms with E-state index in [1.165, 1.54) is 11.3 Å². The van der Waals surface area contributed by atoms with E-state index < -0.39 is 0 Å². The van der Waals surface area contributed by atoms with E-state index in [0.29, 0.717) is 10.7 Å². The Morgan fingerprint density at radius 2 is 2.00 bits per heavy atom. The number of H-pyrrole nitrogens is 1. The van der Waals surface area contributed by atoms with Crippen molar-refractivity contribution in [3.05, 3.63) is 64.7 Å². The standard InChI is InChI=1S/C18H18N4OS/c1-23-16-9-5-4-8-15(16)22-17(20-21-18(22)24)10-12-11-19-14-7-3-2-6-13(12)14/h2-9,12,19H,10-11H2,1H3,(H,21,24). The highest BCUT2D eigenvalue weighted by Crippen LogP contribution is 2.34. The molecule has 0 radical (unpaired) electrons. The van der Waals surface area contributed by atoms with Gasteiger partial charge in [0, 0.05) is 24.6 Å². The van der Waals surface area contributed by atoms with E-state index in [1.807, 2.05) is 28.8 Å². The second-order valence-corrected chi connectivity index (χ2v) is 6.21. The Kier molecular flexibility index (Phi) is 3.82. The van der Waals surface area contributed by atoms with Crippen molar-refractivity contribution in [2.75, 3.05) is 19.0 Å². The van der Waals surface area contributed by atoms with Gasteiger partial charge >= 0.3 is 0 Å². The van der Waals surface area contributed by atoms with E-state index >= 15 is 0 Å². The maximum absolute atomic E-state index is 5.48. The lowest BCUT2D eigenvalue weighted by Crippen LogP contribution is -2.11. The van der Waals surface area contributed by atoms with Crippen LogP contribution in [0.3, 0.4) is 0 Å². The maximum Gasteiger partial charge on any atom is 0.199 e. The van der Waals surface area contributed by atoms with Gasteiger partial charge in [0.2, 0.25) is 0 Å². The van der Waals surface area contributed by atoms with Crippen molar-refractivity contribution >= 4 is 17.9 Å². The first-order valence-corrected chi connectivity index (χ1v) is 8.31. The average Bonchev–Trinajstić information content (AvgIpc) is 3.19. The van der Waals surface area contributed by atoms with Gasteiger partial charge in [-0.3, -0.25) is 9.67 Å². The van der Waals surface area contributed by atoms with Crippen molar-refractivity contribution in [3.8, 4) is 11.4 Å². The number of benzene rings is 2. The first-order valence-electron chi connectivity index (χ1n) is 7.90. The fourth-order valence-electron chi connectivity index (χ4n) is 3.29. The summed E-state index contributed by atoms with van der Waals surface area (Å²) >= 11 is 5.45. The fourth-order valence-corrected chi connectivity index (χ4v) is 3.54. The van der Waals surface area contributed by atoms with Gasteiger partial charge < -0.3 is 10.1 Å². The second-order valence-electron chi connectivity index (χ2n) is 5.82. The molecule has 5 nitrogen and oxygen atoms in total. The highest BCUT2D eigenvalue weighted by atomic mass is 32.1. The largest absolute Gasteiger partial charge is 0.495 e. The number of hydrogen-bond donors (Lipinski definition) is 2. The van der Waals surface area contributed by atoms with Crippen molar-refractivity contribution in [1.82, 2.24) is 14.8 Å². The van der Waals surface area contributed by atoms with Gasteiger partial charge in [0.15, 0.2) is 4.77 Å². The molecule has 122 valence electrons. The number of aromatic amines is 1. The molecule has 1 aromatic heterocycles. The Balaban J connectivity index is 1.73. The maximum atomic E-state index is 5.48. The molecular formula is C18H18N4OS. The quantitative estimate of drug-likeness (QED) is 0.713. The molecule has 1 unspecified atom stereocenters. The monoisotopic (exact) mass is 338 g/mol. The molecule has 0 spiro atoms. The zero-order chi connectivity index (χ0) is 16.5. The van der Waals surface area contributed by atoms with Gasteiger partial charge in [0.1, 0.15) is 11.6 Å². The van der Waals surface area contributed by atoms with Gasteiger partial charge in [-0.05, 0) is 36.0 Å². The topological polar surface area (TPSA) is 54.9 Å². The van der Waals surface area contributed by atoms with Crippen LogP contribution in [0.2, 0.25) is 0 Å². The summed E-state index contributed by atoms with van der Waals surface area (Å²) in [7, 11) is 1.67. The number of nitrogens with zero attached hydrogens (tertiary/aromatic N) is 2. The van der Waals surface area contributed by atoms with E-state index in [-0.39, 0.29) is 0 Å². The molecule has 0 saturated carbocycles. The Labute approximate surface area is 145 Å². The van der Waals surface area contributed by atoms with Crippen LogP contribution in [-0.2, 0) is 6.42 Å². The smallest absolute Gasteiger partial charge is 0.199 e. The van der Waals surface area contributed by atoms with Crippen LogP contribution < -0.4 is 10.1 Å². The average molecular weight is 338 g/mol. The third kappa shape index (κ3) is 2.49. The molecule has 2 N–H and O–H groups in total. The molecule has 24 heavy (non-hydrogen) atoms. The predicted molar refractivity (Wildman–Crippen MR) is 96.7 cm³/mol.